The molecule has 0 radical (unpaired) electrons. The summed E-state index contributed by atoms with van der Waals surface area (Å²) in [5.74, 6) is 0.147. The van der Waals surface area contributed by atoms with Gasteiger partial charge in [0.15, 0.2) is 5.97 Å². The van der Waals surface area contributed by atoms with Gasteiger partial charge in [-0.2, -0.15) is 6.92 Å². The van der Waals surface area contributed by atoms with Gasteiger partial charge in [0.2, 0.25) is 0 Å². The second-order valence-electron chi connectivity index (χ2n) is 2.32. The van der Waals surface area contributed by atoms with E-state index in [1.54, 1.807) is 31.4 Å². The number of methoxy groups -OCH3 is 1. The number of hydrogen-bond donors (Lipinski definition) is 2. The van der Waals surface area contributed by atoms with Crippen LogP contribution < -0.4 is 4.74 Å². The smallest absolute Gasteiger partial charge is 0.163 e. The Labute approximate surface area is 102 Å². The van der Waals surface area contributed by atoms with Crippen molar-refractivity contribution in [3.63, 3.8) is 0 Å². The van der Waals surface area contributed by atoms with Crippen LogP contribution in [0.5, 0.6) is 11.5 Å². The molecule has 0 atom stereocenters. The fourth-order valence-electron chi connectivity index (χ4n) is 0.582. The number of carboxylic acid groups (broad SMARTS) is 1. The molecule has 0 saturated heterocycles. The summed E-state index contributed by atoms with van der Waals surface area (Å²) in [6.07, 6.45) is 1.08. The topological polar surface area (TPSA) is 66.8 Å². The third-order valence-corrected chi connectivity index (χ3v) is 1.32. The quantitative estimate of drug-likeness (QED) is 0.629. The van der Waals surface area contributed by atoms with E-state index in [0.29, 0.717) is 0 Å². The molecule has 0 aromatic heterocycles. The number of benzene rings is 1. The largest absolute Gasteiger partial charge is 0.508 e. The van der Waals surface area contributed by atoms with Crippen molar-refractivity contribution in [1.29, 1.82) is 0 Å². The van der Waals surface area contributed by atoms with E-state index < -0.39 is 5.97 Å². The molecule has 15 heavy (non-hydrogen) atoms. The van der Waals surface area contributed by atoms with E-state index in [9.17, 15) is 4.79 Å². The molecule has 1 aromatic rings. The van der Waals surface area contributed by atoms with E-state index in [1.807, 2.05) is 0 Å². The molecule has 0 amide bonds. The van der Waals surface area contributed by atoms with Gasteiger partial charge in [0, 0.05) is 19.5 Å². The van der Waals surface area contributed by atoms with Crippen LogP contribution in [0.2, 0.25) is 0 Å². The number of aliphatic carboxylic acids is 1. The Morgan fingerprint density at radius 3 is 2.00 bits per heavy atom. The molecule has 0 fully saturated rings. The predicted octanol–water partition coefficient (Wildman–Crippen LogP) is 1.69. The Hall–Kier alpha value is -1.22. The van der Waals surface area contributed by atoms with Crippen LogP contribution in [-0.2, 0) is 24.3 Å². The maximum atomic E-state index is 9.31. The van der Waals surface area contributed by atoms with Gasteiger partial charge in [-0.05, 0) is 24.3 Å². The van der Waals surface area contributed by atoms with Gasteiger partial charge >= 0.3 is 0 Å². The number of carbonyl (C=O) groups is 1. The van der Waals surface area contributed by atoms with E-state index >= 15 is 0 Å². The molecule has 0 aliphatic carbocycles. The molecule has 0 aliphatic rings. The average Bonchev–Trinajstić information content (AvgIpc) is 2.20. The Balaban J connectivity index is 0. The first-order valence-electron chi connectivity index (χ1n) is 3.95. The Kier molecular flexibility index (Phi) is 10.1. The SMILES string of the molecule is COc1ccc(O)cc1.C[CH-]C(=O)O.[Zn]. The molecule has 0 bridgehead atoms. The summed E-state index contributed by atoms with van der Waals surface area (Å²) in [4.78, 5) is 9.31. The molecule has 4 nitrogen and oxygen atoms in total. The van der Waals surface area contributed by atoms with Gasteiger partial charge in [0.25, 0.3) is 0 Å². The van der Waals surface area contributed by atoms with Crippen molar-refractivity contribution >= 4 is 5.97 Å². The van der Waals surface area contributed by atoms with Crippen LogP contribution >= 0.6 is 0 Å². The second kappa shape index (κ2) is 9.34. The van der Waals surface area contributed by atoms with Crippen molar-refractivity contribution in [2.24, 2.45) is 0 Å². The first-order valence-corrected chi connectivity index (χ1v) is 3.95. The molecule has 0 unspecified atom stereocenters. The van der Waals surface area contributed by atoms with Crippen LogP contribution in [0.15, 0.2) is 24.3 Å². The van der Waals surface area contributed by atoms with Gasteiger partial charge in [-0.1, -0.05) is 0 Å². The number of aromatic hydroxyl groups is 1. The zero-order chi connectivity index (χ0) is 11.0. The number of phenolic OH excluding ortho intramolecular Hbond substituents is 1. The minimum absolute atomic E-state index is 0. The predicted molar refractivity (Wildman–Crippen MR) is 52.3 cm³/mol. The van der Waals surface area contributed by atoms with Gasteiger partial charge in [-0.3, -0.25) is 11.2 Å². The minimum atomic E-state index is -0.870. The van der Waals surface area contributed by atoms with Crippen LogP contribution in [-0.4, -0.2) is 23.3 Å². The number of hydrogen-bond acceptors (Lipinski definition) is 3. The van der Waals surface area contributed by atoms with E-state index in [4.69, 9.17) is 14.9 Å². The third-order valence-electron chi connectivity index (χ3n) is 1.32. The number of ether oxygens (including phenoxy) is 1. The van der Waals surface area contributed by atoms with Crippen molar-refractivity contribution in [1.82, 2.24) is 0 Å². The monoisotopic (exact) mass is 261 g/mol. The summed E-state index contributed by atoms with van der Waals surface area (Å²) in [7, 11) is 1.59. The van der Waals surface area contributed by atoms with Crippen LogP contribution in [0.3, 0.4) is 0 Å². The first-order chi connectivity index (χ1) is 6.60. The maximum absolute atomic E-state index is 9.31. The molecular formula is C10H13O4Zn-. The standard InChI is InChI=1S/C7H8O2.C3H5O2.Zn/c1-9-7-4-2-6(8)3-5-7;1-2-3(4)5;/h2-5,8H,1H3;2H,1H3,(H,4,5);/q;-1;. The fourth-order valence-corrected chi connectivity index (χ4v) is 0.582. The van der Waals surface area contributed by atoms with E-state index in [-0.39, 0.29) is 25.2 Å². The van der Waals surface area contributed by atoms with Crippen LogP contribution in [0.4, 0.5) is 0 Å². The van der Waals surface area contributed by atoms with Crippen LogP contribution in [0, 0.1) is 6.42 Å². The number of rotatable bonds is 2. The maximum Gasteiger partial charge on any atom is 0.163 e. The summed E-state index contributed by atoms with van der Waals surface area (Å²) < 4.78 is 4.86. The Morgan fingerprint density at radius 2 is 1.73 bits per heavy atom. The number of carboxylic acids is 1. The molecule has 5 heteroatoms. The van der Waals surface area contributed by atoms with Crippen molar-refractivity contribution < 1.29 is 39.2 Å². The van der Waals surface area contributed by atoms with Gasteiger partial charge in [-0.15, -0.1) is 0 Å². The zero-order valence-corrected chi connectivity index (χ0v) is 11.8. The molecule has 0 heterocycles. The molecule has 1 aromatic carbocycles. The zero-order valence-electron chi connectivity index (χ0n) is 8.80. The molecule has 1 rings (SSSR count). The Bertz CT molecular complexity index is 271. The minimum Gasteiger partial charge on any atom is -0.508 e. The molecule has 0 saturated carbocycles. The average molecular weight is 263 g/mol. The summed E-state index contributed by atoms with van der Waals surface area (Å²) in [6.45, 7) is 1.47. The van der Waals surface area contributed by atoms with Crippen molar-refractivity contribution in [2.45, 2.75) is 6.92 Å². The normalized spacial score (nSPS) is 7.60. The first kappa shape index (κ1) is 16.2. The van der Waals surface area contributed by atoms with Gasteiger partial charge in [0.05, 0.1) is 7.11 Å². The summed E-state index contributed by atoms with van der Waals surface area (Å²) in [5, 5.41) is 16.5. The third kappa shape index (κ3) is 9.10. The molecule has 2 N–H and O–H groups in total. The fraction of sp³-hybridized carbons (Fsp3) is 0.200. The van der Waals surface area contributed by atoms with Crippen molar-refractivity contribution in [3.05, 3.63) is 30.7 Å². The van der Waals surface area contributed by atoms with Gasteiger partial charge in [-0.25, -0.2) is 0 Å². The van der Waals surface area contributed by atoms with E-state index in [0.717, 1.165) is 12.2 Å². The van der Waals surface area contributed by atoms with Crippen molar-refractivity contribution in [3.8, 4) is 11.5 Å². The van der Waals surface area contributed by atoms with Crippen LogP contribution in [0.1, 0.15) is 6.92 Å². The molecule has 0 aliphatic heterocycles. The van der Waals surface area contributed by atoms with Gasteiger partial charge in [0.1, 0.15) is 11.5 Å². The summed E-state index contributed by atoms with van der Waals surface area (Å²) >= 11 is 0. The van der Waals surface area contributed by atoms with E-state index in [2.05, 4.69) is 0 Å². The van der Waals surface area contributed by atoms with Crippen LogP contribution in [0.25, 0.3) is 0 Å². The molecule has 0 spiro atoms. The van der Waals surface area contributed by atoms with Crippen molar-refractivity contribution in [2.75, 3.05) is 7.11 Å². The van der Waals surface area contributed by atoms with E-state index in [1.165, 1.54) is 6.92 Å². The summed E-state index contributed by atoms with van der Waals surface area (Å²) in [5.41, 5.74) is 0. The van der Waals surface area contributed by atoms with Gasteiger partial charge < -0.3 is 14.9 Å². The molecule has 80 valence electrons. The molecular weight excluding hydrogens is 249 g/mol. The summed E-state index contributed by atoms with van der Waals surface area (Å²) in [6, 6.07) is 6.57. The Morgan fingerprint density at radius 1 is 1.33 bits per heavy atom. The number of phenols is 1. The second-order valence-corrected chi connectivity index (χ2v) is 2.32.